The highest BCUT2D eigenvalue weighted by molar-refractivity contribution is 6.07. The number of carbonyl (C=O) groups is 2. The standard InChI is InChI=1S/C23H22N2O3/c1-3-28-21-12-10-19(11-13-21)24-23(27)18-8-5-9-20(15-18)25-22(26)17-7-4-6-16(2)14-17/h4-15H,3H2,1-2H3,(H,24,27)(H,25,26). The van der Waals surface area contributed by atoms with Gasteiger partial charge in [0.2, 0.25) is 0 Å². The number of carbonyl (C=O) groups excluding carboxylic acids is 2. The van der Waals surface area contributed by atoms with Crippen LogP contribution in [0.2, 0.25) is 0 Å². The molecule has 0 atom stereocenters. The molecule has 5 heteroatoms. The van der Waals surface area contributed by atoms with E-state index in [0.717, 1.165) is 11.3 Å². The Kier molecular flexibility index (Phi) is 6.07. The van der Waals surface area contributed by atoms with Gasteiger partial charge in [-0.05, 0) is 68.4 Å². The fraction of sp³-hybridized carbons (Fsp3) is 0.130. The summed E-state index contributed by atoms with van der Waals surface area (Å²) >= 11 is 0. The van der Waals surface area contributed by atoms with Crippen LogP contribution in [0.5, 0.6) is 5.75 Å². The number of aryl methyl sites for hydroxylation is 1. The monoisotopic (exact) mass is 374 g/mol. The highest BCUT2D eigenvalue weighted by Crippen LogP contribution is 2.18. The van der Waals surface area contributed by atoms with Crippen molar-refractivity contribution in [2.75, 3.05) is 17.2 Å². The van der Waals surface area contributed by atoms with E-state index in [0.29, 0.717) is 29.1 Å². The van der Waals surface area contributed by atoms with Crippen molar-refractivity contribution in [3.05, 3.63) is 89.5 Å². The number of amides is 2. The van der Waals surface area contributed by atoms with Crippen LogP contribution in [-0.2, 0) is 0 Å². The molecule has 142 valence electrons. The van der Waals surface area contributed by atoms with Crippen LogP contribution in [0.15, 0.2) is 72.8 Å². The summed E-state index contributed by atoms with van der Waals surface area (Å²) < 4.78 is 5.39. The number of hydrogen-bond acceptors (Lipinski definition) is 3. The normalized spacial score (nSPS) is 10.2. The quantitative estimate of drug-likeness (QED) is 0.645. The molecule has 0 saturated carbocycles. The Morgan fingerprint density at radius 2 is 1.39 bits per heavy atom. The minimum absolute atomic E-state index is 0.215. The molecule has 5 nitrogen and oxygen atoms in total. The third-order valence-electron chi connectivity index (χ3n) is 4.09. The second-order valence-electron chi connectivity index (χ2n) is 6.32. The Morgan fingerprint density at radius 1 is 0.786 bits per heavy atom. The van der Waals surface area contributed by atoms with Gasteiger partial charge in [0, 0.05) is 22.5 Å². The number of benzene rings is 3. The zero-order valence-corrected chi connectivity index (χ0v) is 15.9. The Bertz CT molecular complexity index is 981. The highest BCUT2D eigenvalue weighted by Gasteiger charge is 2.10. The summed E-state index contributed by atoms with van der Waals surface area (Å²) in [5.74, 6) is 0.282. The van der Waals surface area contributed by atoms with Crippen molar-refractivity contribution in [1.82, 2.24) is 0 Å². The molecule has 0 aromatic heterocycles. The first-order chi connectivity index (χ1) is 13.5. The van der Waals surface area contributed by atoms with Gasteiger partial charge in [-0.25, -0.2) is 0 Å². The molecule has 0 unspecified atom stereocenters. The fourth-order valence-electron chi connectivity index (χ4n) is 2.73. The molecule has 0 saturated heterocycles. The van der Waals surface area contributed by atoms with Crippen LogP contribution >= 0.6 is 0 Å². The van der Waals surface area contributed by atoms with Crippen molar-refractivity contribution < 1.29 is 14.3 Å². The Morgan fingerprint density at radius 3 is 2.04 bits per heavy atom. The molecule has 0 aliphatic heterocycles. The van der Waals surface area contributed by atoms with Crippen molar-refractivity contribution in [3.63, 3.8) is 0 Å². The third kappa shape index (κ3) is 4.98. The molecule has 28 heavy (non-hydrogen) atoms. The van der Waals surface area contributed by atoms with E-state index in [1.807, 2.05) is 32.0 Å². The van der Waals surface area contributed by atoms with E-state index in [2.05, 4.69) is 10.6 Å². The molecule has 0 aliphatic rings. The highest BCUT2D eigenvalue weighted by atomic mass is 16.5. The molecule has 3 aromatic carbocycles. The SMILES string of the molecule is CCOc1ccc(NC(=O)c2cccc(NC(=O)c3cccc(C)c3)c2)cc1. The molecular weight excluding hydrogens is 352 g/mol. The van der Waals surface area contributed by atoms with Crippen LogP contribution in [0.3, 0.4) is 0 Å². The molecule has 0 heterocycles. The zero-order valence-electron chi connectivity index (χ0n) is 15.9. The maximum Gasteiger partial charge on any atom is 0.255 e. The van der Waals surface area contributed by atoms with Gasteiger partial charge < -0.3 is 15.4 Å². The molecule has 0 radical (unpaired) electrons. The molecule has 0 bridgehead atoms. The molecular formula is C23H22N2O3. The van der Waals surface area contributed by atoms with Gasteiger partial charge in [-0.2, -0.15) is 0 Å². The minimum atomic E-state index is -0.254. The first-order valence-electron chi connectivity index (χ1n) is 9.07. The van der Waals surface area contributed by atoms with Gasteiger partial charge in [0.05, 0.1) is 6.61 Å². The summed E-state index contributed by atoms with van der Waals surface area (Å²) in [6.07, 6.45) is 0. The third-order valence-corrected chi connectivity index (χ3v) is 4.09. The predicted molar refractivity (Wildman–Crippen MR) is 111 cm³/mol. The van der Waals surface area contributed by atoms with Crippen LogP contribution in [0, 0.1) is 6.92 Å². The van der Waals surface area contributed by atoms with Gasteiger partial charge >= 0.3 is 0 Å². The molecule has 2 N–H and O–H groups in total. The van der Waals surface area contributed by atoms with E-state index in [1.54, 1.807) is 54.6 Å². The lowest BCUT2D eigenvalue weighted by atomic mass is 10.1. The van der Waals surface area contributed by atoms with Crippen molar-refractivity contribution in [2.45, 2.75) is 13.8 Å². The summed E-state index contributed by atoms with van der Waals surface area (Å²) in [6.45, 7) is 4.44. The van der Waals surface area contributed by atoms with Crippen molar-refractivity contribution in [1.29, 1.82) is 0 Å². The van der Waals surface area contributed by atoms with Crippen LogP contribution < -0.4 is 15.4 Å². The molecule has 0 fully saturated rings. The predicted octanol–water partition coefficient (Wildman–Crippen LogP) is 4.90. The minimum Gasteiger partial charge on any atom is -0.494 e. The first-order valence-corrected chi connectivity index (χ1v) is 9.07. The number of rotatable bonds is 6. The summed E-state index contributed by atoms with van der Waals surface area (Å²) in [4.78, 5) is 24.9. The van der Waals surface area contributed by atoms with E-state index in [4.69, 9.17) is 4.74 Å². The van der Waals surface area contributed by atoms with E-state index >= 15 is 0 Å². The van der Waals surface area contributed by atoms with Crippen LogP contribution in [-0.4, -0.2) is 18.4 Å². The van der Waals surface area contributed by atoms with Crippen molar-refractivity contribution >= 4 is 23.2 Å². The molecule has 0 spiro atoms. The summed E-state index contributed by atoms with van der Waals surface area (Å²) in [5.41, 5.74) is 3.27. The summed E-state index contributed by atoms with van der Waals surface area (Å²) in [7, 11) is 0. The van der Waals surface area contributed by atoms with Gasteiger partial charge in [-0.15, -0.1) is 0 Å². The summed E-state index contributed by atoms with van der Waals surface area (Å²) in [5, 5.41) is 5.67. The average molecular weight is 374 g/mol. The Labute approximate surface area is 164 Å². The first kappa shape index (κ1) is 19.2. The van der Waals surface area contributed by atoms with Gasteiger partial charge in [0.15, 0.2) is 0 Å². The zero-order chi connectivity index (χ0) is 19.9. The van der Waals surface area contributed by atoms with Gasteiger partial charge in [-0.1, -0.05) is 23.8 Å². The van der Waals surface area contributed by atoms with E-state index in [-0.39, 0.29) is 11.8 Å². The maximum absolute atomic E-state index is 12.5. The van der Waals surface area contributed by atoms with Gasteiger partial charge in [0.25, 0.3) is 11.8 Å². The van der Waals surface area contributed by atoms with Crippen LogP contribution in [0.4, 0.5) is 11.4 Å². The topological polar surface area (TPSA) is 67.4 Å². The molecule has 0 aliphatic carbocycles. The lowest BCUT2D eigenvalue weighted by molar-refractivity contribution is 0.101. The van der Waals surface area contributed by atoms with E-state index in [1.165, 1.54) is 0 Å². The number of ether oxygens (including phenoxy) is 1. The number of nitrogens with one attached hydrogen (secondary N) is 2. The molecule has 3 rings (SSSR count). The van der Waals surface area contributed by atoms with Crippen LogP contribution in [0.25, 0.3) is 0 Å². The number of hydrogen-bond donors (Lipinski definition) is 2. The fourth-order valence-corrected chi connectivity index (χ4v) is 2.73. The number of anilines is 2. The second-order valence-corrected chi connectivity index (χ2v) is 6.32. The largest absolute Gasteiger partial charge is 0.494 e. The van der Waals surface area contributed by atoms with Crippen LogP contribution in [0.1, 0.15) is 33.2 Å². The average Bonchev–Trinajstić information content (AvgIpc) is 2.70. The molecule has 2 amide bonds. The second kappa shape index (κ2) is 8.86. The van der Waals surface area contributed by atoms with Crippen molar-refractivity contribution in [2.24, 2.45) is 0 Å². The van der Waals surface area contributed by atoms with Crippen molar-refractivity contribution in [3.8, 4) is 5.75 Å². The lowest BCUT2D eigenvalue weighted by Crippen LogP contribution is -2.14. The lowest BCUT2D eigenvalue weighted by Gasteiger charge is -2.09. The maximum atomic E-state index is 12.5. The summed E-state index contributed by atoms with van der Waals surface area (Å²) in [6, 6.07) is 21.4. The Balaban J connectivity index is 1.68. The van der Waals surface area contributed by atoms with E-state index in [9.17, 15) is 9.59 Å². The van der Waals surface area contributed by atoms with E-state index < -0.39 is 0 Å². The van der Waals surface area contributed by atoms with Gasteiger partial charge in [-0.3, -0.25) is 9.59 Å². The smallest absolute Gasteiger partial charge is 0.255 e. The Hall–Kier alpha value is -3.60. The van der Waals surface area contributed by atoms with Gasteiger partial charge in [0.1, 0.15) is 5.75 Å². The molecule has 3 aromatic rings.